The van der Waals surface area contributed by atoms with E-state index in [1.807, 2.05) is 31.3 Å². The number of benzene rings is 1. The Morgan fingerprint density at radius 2 is 1.77 bits per heavy atom. The molecule has 0 saturated carbocycles. The number of hydrogen-bond donors (Lipinski definition) is 1. The quantitative estimate of drug-likeness (QED) is 0.488. The summed E-state index contributed by atoms with van der Waals surface area (Å²) in [4.78, 5) is 12.3. The number of aliphatic hydroxyl groups is 1. The minimum atomic E-state index is -1.03. The average molecular weight is 423 g/mol. The summed E-state index contributed by atoms with van der Waals surface area (Å²) >= 11 is 1.41. The molecule has 5 nitrogen and oxygen atoms in total. The number of halogens is 1. The Balaban J connectivity index is 1.76. The fourth-order valence-electron chi connectivity index (χ4n) is 2.82. The number of hydrogen-bond acceptors (Lipinski definition) is 5. The molecule has 0 spiro atoms. The van der Waals surface area contributed by atoms with Crippen molar-refractivity contribution in [1.29, 1.82) is 0 Å². The number of rotatable bonds is 5. The molecule has 3 heterocycles. The molecule has 0 unspecified atom stereocenters. The van der Waals surface area contributed by atoms with Crippen LogP contribution < -0.4 is 4.98 Å². The summed E-state index contributed by atoms with van der Waals surface area (Å²) in [5.41, 5.74) is 2.72. The number of aromatic amines is 1. The Morgan fingerprint density at radius 1 is 1.03 bits per heavy atom. The van der Waals surface area contributed by atoms with E-state index in [0.29, 0.717) is 27.9 Å². The van der Waals surface area contributed by atoms with Crippen molar-refractivity contribution in [3.05, 3.63) is 78.0 Å². The van der Waals surface area contributed by atoms with Crippen LogP contribution in [0.1, 0.15) is 25.1 Å². The lowest BCUT2D eigenvalue weighted by Crippen LogP contribution is -2.17. The van der Waals surface area contributed by atoms with Gasteiger partial charge in [0.2, 0.25) is 10.9 Å². The maximum absolute atomic E-state index is 13.3. The summed E-state index contributed by atoms with van der Waals surface area (Å²) in [6.45, 7) is 5.38. The maximum Gasteiger partial charge on any atom is 0.246 e. The third-order valence-electron chi connectivity index (χ3n) is 4.49. The highest BCUT2D eigenvalue weighted by atomic mass is 32.2. The van der Waals surface area contributed by atoms with Crippen molar-refractivity contribution in [3.8, 4) is 22.7 Å². The topological polar surface area (TPSA) is 73.3 Å². The van der Waals surface area contributed by atoms with Gasteiger partial charge in [0.25, 0.3) is 0 Å². The van der Waals surface area contributed by atoms with Crippen molar-refractivity contribution >= 4 is 11.8 Å². The summed E-state index contributed by atoms with van der Waals surface area (Å²) in [6.07, 6.45) is 3.58. The Hall–Kier alpha value is -3.03. The van der Waals surface area contributed by atoms with Gasteiger partial charge in [0.05, 0.1) is 5.69 Å². The predicted octanol–water partition coefficient (Wildman–Crippen LogP) is 5.04. The van der Waals surface area contributed by atoms with Gasteiger partial charge in [-0.1, -0.05) is 0 Å². The summed E-state index contributed by atoms with van der Waals surface area (Å²) in [6, 6.07) is 13.6. The van der Waals surface area contributed by atoms with Gasteiger partial charge in [0.1, 0.15) is 17.1 Å². The highest BCUT2D eigenvalue weighted by Gasteiger charge is 2.22. The van der Waals surface area contributed by atoms with Crippen LogP contribution in [0.25, 0.3) is 22.7 Å². The zero-order valence-electron chi connectivity index (χ0n) is 16.8. The van der Waals surface area contributed by atoms with Crippen molar-refractivity contribution in [3.63, 3.8) is 0 Å². The number of nitrogens with one attached hydrogen (secondary N) is 1. The van der Waals surface area contributed by atoms with Crippen LogP contribution >= 0.6 is 11.8 Å². The van der Waals surface area contributed by atoms with Crippen LogP contribution in [0.15, 0.2) is 75.5 Å². The number of H-pyrrole nitrogens is 1. The Bertz CT molecular complexity index is 1150. The largest absolute Gasteiger partial charge is 0.429 e. The standard InChI is InChI=1S/C23H20FN3O2S/c1-14-4-11-19(26-12-14)30-22-20(16-7-10-18(25-13-16)23(2,3)28)27-21(29-22)15-5-8-17(24)9-6-15/h4-13,28H,1-3H3/p+1. The molecule has 0 amide bonds. The molecule has 0 aliphatic heterocycles. The summed E-state index contributed by atoms with van der Waals surface area (Å²) in [5.74, 6) is 0.0759. The van der Waals surface area contributed by atoms with Gasteiger partial charge in [0, 0.05) is 40.7 Å². The lowest BCUT2D eigenvalue weighted by molar-refractivity contribution is -0.427. The molecule has 0 aliphatic carbocycles. The van der Waals surface area contributed by atoms with Gasteiger partial charge < -0.3 is 9.52 Å². The zero-order valence-corrected chi connectivity index (χ0v) is 17.6. The van der Waals surface area contributed by atoms with E-state index in [2.05, 4.69) is 15.0 Å². The first-order valence-electron chi connectivity index (χ1n) is 9.42. The van der Waals surface area contributed by atoms with Crippen molar-refractivity contribution in [2.75, 3.05) is 0 Å². The first kappa shape index (κ1) is 20.3. The molecule has 4 aromatic rings. The first-order valence-corrected chi connectivity index (χ1v) is 10.2. The summed E-state index contributed by atoms with van der Waals surface area (Å²) in [5, 5.41) is 11.6. The molecule has 0 saturated heterocycles. The highest BCUT2D eigenvalue weighted by molar-refractivity contribution is 7.99. The minimum Gasteiger partial charge on any atom is -0.429 e. The monoisotopic (exact) mass is 422 g/mol. The summed E-state index contributed by atoms with van der Waals surface area (Å²) < 4.78 is 19.4. The lowest BCUT2D eigenvalue weighted by Gasteiger charge is -2.16. The van der Waals surface area contributed by atoms with Gasteiger partial charge in [-0.3, -0.25) is 4.98 Å². The van der Waals surface area contributed by atoms with E-state index in [0.717, 1.165) is 16.2 Å². The Labute approximate surface area is 178 Å². The highest BCUT2D eigenvalue weighted by Crippen LogP contribution is 2.38. The van der Waals surface area contributed by atoms with Crippen molar-refractivity contribution in [2.45, 2.75) is 36.5 Å². The predicted molar refractivity (Wildman–Crippen MR) is 112 cm³/mol. The van der Waals surface area contributed by atoms with Crippen LogP contribution in [0.2, 0.25) is 0 Å². The third kappa shape index (κ3) is 4.42. The molecular formula is C23H21FN3O2S+. The number of oxazole rings is 1. The fraction of sp³-hybridized carbons (Fsp3) is 0.174. The van der Waals surface area contributed by atoms with Gasteiger partial charge in [-0.15, -0.1) is 0 Å². The molecular weight excluding hydrogens is 401 g/mol. The molecule has 0 radical (unpaired) electrons. The number of nitrogens with zero attached hydrogens (tertiary/aromatic N) is 2. The lowest BCUT2D eigenvalue weighted by atomic mass is 10.0. The minimum absolute atomic E-state index is 0.319. The molecule has 0 atom stereocenters. The van der Waals surface area contributed by atoms with E-state index in [9.17, 15) is 9.50 Å². The Kier molecular flexibility index (Phi) is 5.40. The number of aromatic nitrogens is 3. The van der Waals surface area contributed by atoms with Crippen molar-refractivity contribution in [1.82, 2.24) is 9.97 Å². The van der Waals surface area contributed by atoms with Gasteiger partial charge in [0.15, 0.2) is 11.3 Å². The van der Waals surface area contributed by atoms with E-state index in [-0.39, 0.29) is 5.82 Å². The molecule has 1 aromatic carbocycles. The first-order chi connectivity index (χ1) is 14.3. The van der Waals surface area contributed by atoms with Gasteiger partial charge in [-0.05, 0) is 63.2 Å². The Morgan fingerprint density at radius 3 is 2.37 bits per heavy atom. The molecule has 0 aliphatic rings. The molecule has 0 bridgehead atoms. The third-order valence-corrected chi connectivity index (χ3v) is 5.43. The SMILES string of the molecule is Cc1ccc(Sc2oc(-c3ccc(F)cc3)nc2-c2ccc(C(C)(C)O)nc2)[nH+]c1. The maximum atomic E-state index is 13.3. The van der Waals surface area contributed by atoms with Crippen LogP contribution in [-0.4, -0.2) is 15.1 Å². The van der Waals surface area contributed by atoms with E-state index in [4.69, 9.17) is 4.42 Å². The van der Waals surface area contributed by atoms with Crippen LogP contribution in [-0.2, 0) is 5.60 Å². The molecule has 30 heavy (non-hydrogen) atoms. The smallest absolute Gasteiger partial charge is 0.246 e. The van der Waals surface area contributed by atoms with Gasteiger partial charge in [-0.2, -0.15) is 0 Å². The van der Waals surface area contributed by atoms with E-state index in [1.54, 1.807) is 38.2 Å². The molecule has 7 heteroatoms. The van der Waals surface area contributed by atoms with Crippen LogP contribution in [0.3, 0.4) is 0 Å². The second-order valence-corrected chi connectivity index (χ2v) is 8.50. The van der Waals surface area contributed by atoms with E-state index in [1.165, 1.54) is 23.9 Å². The normalized spacial score (nSPS) is 11.6. The van der Waals surface area contributed by atoms with Crippen molar-refractivity contribution in [2.24, 2.45) is 0 Å². The summed E-state index contributed by atoms with van der Waals surface area (Å²) in [7, 11) is 0. The molecule has 0 fully saturated rings. The second kappa shape index (κ2) is 8.01. The van der Waals surface area contributed by atoms with Crippen molar-refractivity contribution < 1.29 is 18.9 Å². The molecule has 2 N–H and O–H groups in total. The number of pyridine rings is 2. The van der Waals surface area contributed by atoms with Crippen LogP contribution in [0.5, 0.6) is 0 Å². The molecule has 3 aromatic heterocycles. The fourth-order valence-corrected chi connectivity index (χ4v) is 3.66. The van der Waals surface area contributed by atoms with Gasteiger partial charge in [-0.25, -0.2) is 14.4 Å². The van der Waals surface area contributed by atoms with Gasteiger partial charge >= 0.3 is 0 Å². The molecule has 152 valence electrons. The average Bonchev–Trinajstić information content (AvgIpc) is 3.13. The zero-order chi connectivity index (χ0) is 21.3. The second-order valence-electron chi connectivity index (χ2n) is 7.49. The number of aryl methyl sites for hydroxylation is 1. The van der Waals surface area contributed by atoms with E-state index >= 15 is 0 Å². The van der Waals surface area contributed by atoms with Crippen LogP contribution in [0.4, 0.5) is 4.39 Å². The van der Waals surface area contributed by atoms with E-state index < -0.39 is 5.60 Å². The molecule has 4 rings (SSSR count). The van der Waals surface area contributed by atoms with Crippen LogP contribution in [0, 0.1) is 12.7 Å².